The van der Waals surface area contributed by atoms with E-state index in [1.54, 1.807) is 66.5 Å². The van der Waals surface area contributed by atoms with Gasteiger partial charge in [-0.2, -0.15) is 0 Å². The summed E-state index contributed by atoms with van der Waals surface area (Å²) in [5, 5.41) is 0. The Balaban J connectivity index is 1.50. The fourth-order valence-electron chi connectivity index (χ4n) is 7.15. The van der Waals surface area contributed by atoms with Crippen LogP contribution in [0.15, 0.2) is 85.1 Å². The molecule has 0 saturated carbocycles. The molecule has 2 aromatic carbocycles. The average Bonchev–Trinajstić information content (AvgIpc) is 3.68. The molecule has 44 heavy (non-hydrogen) atoms. The van der Waals surface area contributed by atoms with Crippen LogP contribution in [0.2, 0.25) is 0 Å². The summed E-state index contributed by atoms with van der Waals surface area (Å²) in [7, 11) is 4.77. The molecule has 1 aliphatic heterocycles. The Morgan fingerprint density at radius 1 is 1.02 bits per heavy atom. The molecular formula is C35H35FN4O4. The molecule has 1 aliphatic carbocycles. The van der Waals surface area contributed by atoms with Crippen LogP contribution in [0.4, 0.5) is 4.39 Å². The van der Waals surface area contributed by atoms with E-state index in [1.165, 1.54) is 19.2 Å². The van der Waals surface area contributed by atoms with Crippen LogP contribution in [0.25, 0.3) is 0 Å². The highest BCUT2D eigenvalue weighted by Gasteiger charge is 2.64. The number of likely N-dealkylation sites (tertiary alicyclic amines) is 1. The molecule has 4 aromatic rings. The molecule has 9 heteroatoms. The number of esters is 1. The number of hydrogen-bond acceptors (Lipinski definition) is 5. The lowest BCUT2D eigenvalue weighted by Crippen LogP contribution is -2.58. The van der Waals surface area contributed by atoms with Gasteiger partial charge in [-0.3, -0.25) is 14.6 Å². The first-order valence-corrected chi connectivity index (χ1v) is 14.8. The smallest absolute Gasteiger partial charge is 0.332 e. The number of rotatable bonds is 8. The van der Waals surface area contributed by atoms with Gasteiger partial charge in [0.1, 0.15) is 11.5 Å². The normalized spacial score (nSPS) is 20.2. The third-order valence-electron chi connectivity index (χ3n) is 9.05. The Labute approximate surface area is 256 Å². The summed E-state index contributed by atoms with van der Waals surface area (Å²) in [6.07, 6.45) is 3.10. The van der Waals surface area contributed by atoms with Crippen LogP contribution in [0.3, 0.4) is 0 Å². The van der Waals surface area contributed by atoms with Gasteiger partial charge in [0.25, 0.3) is 11.8 Å². The van der Waals surface area contributed by atoms with Crippen molar-refractivity contribution in [2.24, 2.45) is 5.92 Å². The maximum absolute atomic E-state index is 14.2. The van der Waals surface area contributed by atoms with Gasteiger partial charge in [-0.1, -0.05) is 36.4 Å². The molecule has 0 radical (unpaired) electrons. The highest BCUT2D eigenvalue weighted by Crippen LogP contribution is 2.55. The van der Waals surface area contributed by atoms with Crippen LogP contribution in [-0.4, -0.2) is 70.4 Å². The van der Waals surface area contributed by atoms with Crippen molar-refractivity contribution < 1.29 is 23.5 Å². The number of aryl methyl sites for hydroxylation is 1. The van der Waals surface area contributed by atoms with Gasteiger partial charge in [-0.25, -0.2) is 9.18 Å². The molecule has 0 unspecified atom stereocenters. The van der Waals surface area contributed by atoms with E-state index in [-0.39, 0.29) is 30.0 Å². The van der Waals surface area contributed by atoms with Crippen molar-refractivity contribution in [3.63, 3.8) is 0 Å². The first-order chi connectivity index (χ1) is 21.2. The number of aromatic nitrogens is 2. The largest absolute Gasteiger partial charge is 0.467 e. The first-order valence-electron chi connectivity index (χ1n) is 14.8. The molecule has 226 valence electrons. The Morgan fingerprint density at radius 2 is 1.75 bits per heavy atom. The van der Waals surface area contributed by atoms with E-state index >= 15 is 0 Å². The molecule has 0 spiro atoms. The second-order valence-electron chi connectivity index (χ2n) is 11.8. The molecule has 0 bridgehead atoms. The zero-order chi connectivity index (χ0) is 31.0. The number of benzene rings is 2. The Bertz CT molecular complexity index is 1690. The maximum Gasteiger partial charge on any atom is 0.332 e. The summed E-state index contributed by atoms with van der Waals surface area (Å²) in [6.45, 7) is 0.872. The van der Waals surface area contributed by atoms with Gasteiger partial charge in [-0.05, 0) is 65.9 Å². The summed E-state index contributed by atoms with van der Waals surface area (Å²) in [6, 6.07) is 22.6. The predicted molar refractivity (Wildman–Crippen MR) is 163 cm³/mol. The van der Waals surface area contributed by atoms with Gasteiger partial charge in [0.05, 0.1) is 7.11 Å². The average molecular weight is 595 g/mol. The van der Waals surface area contributed by atoms with Gasteiger partial charge in [0, 0.05) is 69.1 Å². The molecule has 6 rings (SSSR count). The fraction of sp³-hybridized carbons (Fsp3) is 0.314. The molecule has 2 aliphatic rings. The highest BCUT2D eigenvalue weighted by atomic mass is 19.1. The molecular weight excluding hydrogens is 559 g/mol. The zero-order valence-electron chi connectivity index (χ0n) is 25.1. The molecule has 8 nitrogen and oxygen atoms in total. The first kappa shape index (κ1) is 29.3. The van der Waals surface area contributed by atoms with Crippen molar-refractivity contribution in [1.82, 2.24) is 19.4 Å². The number of carbonyl (C=O) groups is 3. The molecule has 0 N–H and O–H groups in total. The Kier molecular flexibility index (Phi) is 7.80. The van der Waals surface area contributed by atoms with E-state index in [4.69, 9.17) is 4.74 Å². The van der Waals surface area contributed by atoms with Gasteiger partial charge in [0.2, 0.25) is 0 Å². The minimum Gasteiger partial charge on any atom is -0.467 e. The second-order valence-corrected chi connectivity index (χ2v) is 11.8. The van der Waals surface area contributed by atoms with Crippen LogP contribution in [-0.2, 0) is 35.3 Å². The van der Waals surface area contributed by atoms with Crippen molar-refractivity contribution in [3.05, 3.63) is 125 Å². The minimum atomic E-state index is -1.42. The lowest BCUT2D eigenvalue weighted by Gasteiger charge is -2.40. The number of hydrogen-bond donors (Lipinski definition) is 0. The number of pyridine rings is 1. The highest BCUT2D eigenvalue weighted by molar-refractivity contribution is 6.00. The van der Waals surface area contributed by atoms with E-state index in [1.807, 2.05) is 30.3 Å². The number of ether oxygens (including phenoxy) is 1. The van der Waals surface area contributed by atoms with Crippen molar-refractivity contribution in [2.75, 3.05) is 27.7 Å². The van der Waals surface area contributed by atoms with Gasteiger partial charge in [-0.15, -0.1) is 0 Å². The maximum atomic E-state index is 14.2. The number of fused-ring (bicyclic) bond motifs is 3. The van der Waals surface area contributed by atoms with Crippen LogP contribution >= 0.6 is 0 Å². The third-order valence-corrected chi connectivity index (χ3v) is 9.05. The zero-order valence-corrected chi connectivity index (χ0v) is 25.1. The summed E-state index contributed by atoms with van der Waals surface area (Å²) >= 11 is 0. The SMILES string of the molecule is COC(=O)[C@@]1(Cc2ccc(F)cc2)[C@H]2c3cc(C(=O)N(C)C)n(CCc4ccccn4)c3C[C@H]2CN1C(=O)c1ccccc1. The van der Waals surface area contributed by atoms with Crippen molar-refractivity contribution in [2.45, 2.75) is 37.3 Å². The van der Waals surface area contributed by atoms with E-state index in [0.717, 1.165) is 17.0 Å². The summed E-state index contributed by atoms with van der Waals surface area (Å²) in [4.78, 5) is 49.5. The third kappa shape index (κ3) is 4.96. The van der Waals surface area contributed by atoms with Gasteiger partial charge >= 0.3 is 5.97 Å². The van der Waals surface area contributed by atoms with E-state index < -0.39 is 17.4 Å². The van der Waals surface area contributed by atoms with Crippen LogP contribution < -0.4 is 0 Å². The fourth-order valence-corrected chi connectivity index (χ4v) is 7.15. The van der Waals surface area contributed by atoms with E-state index in [2.05, 4.69) is 9.55 Å². The van der Waals surface area contributed by atoms with Crippen molar-refractivity contribution >= 4 is 17.8 Å². The number of methoxy groups -OCH3 is 1. The Morgan fingerprint density at radius 3 is 2.41 bits per heavy atom. The second kappa shape index (κ2) is 11.7. The Hall–Kier alpha value is -4.79. The van der Waals surface area contributed by atoms with Crippen molar-refractivity contribution in [1.29, 1.82) is 0 Å². The van der Waals surface area contributed by atoms with Gasteiger partial charge in [0.15, 0.2) is 5.54 Å². The van der Waals surface area contributed by atoms with Crippen molar-refractivity contribution in [3.8, 4) is 0 Å². The molecule has 3 atom stereocenters. The number of amides is 2. The lowest BCUT2D eigenvalue weighted by molar-refractivity contribution is -0.153. The summed E-state index contributed by atoms with van der Waals surface area (Å²) in [5.41, 5.74) is 3.06. The minimum absolute atomic E-state index is 0.0863. The van der Waals surface area contributed by atoms with Crippen LogP contribution in [0.5, 0.6) is 0 Å². The summed E-state index contributed by atoms with van der Waals surface area (Å²) < 4.78 is 21.5. The van der Waals surface area contributed by atoms with Crippen LogP contribution in [0.1, 0.15) is 49.3 Å². The quantitative estimate of drug-likeness (QED) is 0.280. The summed E-state index contributed by atoms with van der Waals surface area (Å²) in [5.74, 6) is -1.86. The molecule has 1 saturated heterocycles. The number of carbonyl (C=O) groups excluding carboxylic acids is 3. The lowest BCUT2D eigenvalue weighted by atomic mass is 9.75. The van der Waals surface area contributed by atoms with Gasteiger partial charge < -0.3 is 19.1 Å². The van der Waals surface area contributed by atoms with E-state index in [9.17, 15) is 18.8 Å². The number of halogens is 1. The molecule has 1 fully saturated rings. The molecule has 3 heterocycles. The standard InChI is InChI=1S/C35H35FN4O4/c1-38(2)33(42)30-20-28-29(39(30)18-16-27-11-7-8-17-37-27)19-25-22-40(32(41)24-9-5-4-6-10-24)35(31(25)28,34(43)44-3)21-23-12-14-26(36)15-13-23/h4-15,17,20,25,31H,16,18-19,21-22H2,1-3H3/t25-,31+,35+/m0/s1. The monoisotopic (exact) mass is 594 g/mol. The van der Waals surface area contributed by atoms with Crippen LogP contribution in [0, 0.1) is 11.7 Å². The predicted octanol–water partition coefficient (Wildman–Crippen LogP) is 4.53. The molecule has 2 aromatic heterocycles. The van der Waals surface area contributed by atoms with E-state index in [0.29, 0.717) is 42.8 Å². The molecule has 2 amide bonds. The topological polar surface area (TPSA) is 84.7 Å². The number of nitrogens with zero attached hydrogens (tertiary/aromatic N) is 4.